The molecular weight excluding hydrogens is 228 g/mol. The number of benzene rings is 1. The molecule has 1 saturated heterocycles. The lowest BCUT2D eigenvalue weighted by Crippen LogP contribution is -2.13. The van der Waals surface area contributed by atoms with Gasteiger partial charge in [0.25, 0.3) is 0 Å². The van der Waals surface area contributed by atoms with Crippen molar-refractivity contribution in [2.24, 2.45) is 0 Å². The molecule has 70 valence electrons. The van der Waals surface area contributed by atoms with Crippen molar-refractivity contribution in [1.29, 1.82) is 0 Å². The van der Waals surface area contributed by atoms with Gasteiger partial charge >= 0.3 is 0 Å². The van der Waals surface area contributed by atoms with Crippen LogP contribution in [0.25, 0.3) is 0 Å². The Morgan fingerprint density at radius 3 is 3.08 bits per heavy atom. The van der Waals surface area contributed by atoms with E-state index in [9.17, 15) is 0 Å². The summed E-state index contributed by atoms with van der Waals surface area (Å²) >= 11 is 2.94. The molecular formula is C11H13BrO. The van der Waals surface area contributed by atoms with Crippen molar-refractivity contribution in [3.05, 3.63) is 34.2 Å². The van der Waals surface area contributed by atoms with Gasteiger partial charge in [0.15, 0.2) is 0 Å². The highest BCUT2D eigenvalue weighted by molar-refractivity contribution is 9.10. The zero-order chi connectivity index (χ0) is 17.1. The molecule has 0 radical (unpaired) electrons. The lowest BCUT2D eigenvalue weighted by Gasteiger charge is -2.22. The van der Waals surface area contributed by atoms with E-state index < -0.39 is 61.6 Å². The highest BCUT2D eigenvalue weighted by Gasteiger charge is 2.15. The summed E-state index contributed by atoms with van der Waals surface area (Å²) in [4.78, 5) is 0. The predicted molar refractivity (Wildman–Crippen MR) is 56.9 cm³/mol. The van der Waals surface area contributed by atoms with Crippen molar-refractivity contribution in [1.82, 2.24) is 0 Å². The third-order valence-corrected chi connectivity index (χ3v) is 1.94. The lowest BCUT2D eigenvalue weighted by molar-refractivity contribution is 0.0853. The van der Waals surface area contributed by atoms with Crippen LogP contribution < -0.4 is 0 Å². The van der Waals surface area contributed by atoms with E-state index in [2.05, 4.69) is 15.9 Å². The zero-order valence-corrected chi connectivity index (χ0v) is 8.29. The SMILES string of the molecule is [2H]c1c([2H])c(Br)c([2H])c(C2([2H])C([2H])([2H])COCC2([2H])[2H])c1[2H]. The molecule has 0 aliphatic carbocycles. The Kier molecular flexibility index (Phi) is 1.10. The minimum Gasteiger partial charge on any atom is -0.381 e. The molecule has 0 saturated carbocycles. The minimum atomic E-state index is -2.60. The molecule has 13 heavy (non-hydrogen) atoms. The van der Waals surface area contributed by atoms with E-state index in [1.165, 1.54) is 0 Å². The van der Waals surface area contributed by atoms with E-state index in [1.54, 1.807) is 0 Å². The molecule has 0 spiro atoms. The molecule has 1 aliphatic heterocycles. The molecule has 0 N–H and O–H groups in total. The van der Waals surface area contributed by atoms with Gasteiger partial charge in [0.2, 0.25) is 0 Å². The van der Waals surface area contributed by atoms with Crippen molar-refractivity contribution in [2.75, 3.05) is 13.2 Å². The molecule has 1 aromatic carbocycles. The summed E-state index contributed by atoms with van der Waals surface area (Å²) in [7, 11) is 0. The van der Waals surface area contributed by atoms with E-state index in [0.29, 0.717) is 0 Å². The van der Waals surface area contributed by atoms with E-state index in [4.69, 9.17) is 17.1 Å². The second-order valence-electron chi connectivity index (χ2n) is 2.41. The fourth-order valence-electron chi connectivity index (χ4n) is 0.983. The topological polar surface area (TPSA) is 9.23 Å². The van der Waals surface area contributed by atoms with Gasteiger partial charge < -0.3 is 4.74 Å². The van der Waals surface area contributed by atoms with Crippen LogP contribution in [-0.2, 0) is 4.74 Å². The van der Waals surface area contributed by atoms with Crippen LogP contribution in [0.2, 0.25) is 0 Å². The first kappa shape index (κ1) is 3.35. The maximum Gasteiger partial charge on any atom is 0.0638 e. The Balaban J connectivity index is 2.89. The van der Waals surface area contributed by atoms with Gasteiger partial charge in [0.05, 0.1) is 5.48 Å². The number of ether oxygens (including phenoxy) is 1. The fraction of sp³-hybridized carbons (Fsp3) is 0.455. The summed E-state index contributed by atoms with van der Waals surface area (Å²) in [5, 5.41) is 0. The van der Waals surface area contributed by atoms with Gasteiger partial charge in [-0.2, -0.15) is 0 Å². The Labute approximate surface area is 99.9 Å². The van der Waals surface area contributed by atoms with Crippen molar-refractivity contribution >= 4 is 15.9 Å². The van der Waals surface area contributed by atoms with E-state index >= 15 is 0 Å². The first-order chi connectivity index (χ1) is 9.88. The Hall–Kier alpha value is -0.340. The van der Waals surface area contributed by atoms with Crippen LogP contribution in [0.4, 0.5) is 0 Å². The molecule has 1 heterocycles. The molecule has 1 aromatic rings. The second-order valence-corrected chi connectivity index (χ2v) is 3.20. The van der Waals surface area contributed by atoms with Gasteiger partial charge in [0, 0.05) is 24.5 Å². The fourth-order valence-corrected chi connectivity index (χ4v) is 1.28. The summed E-state index contributed by atoms with van der Waals surface area (Å²) in [6.07, 6.45) is -5.01. The molecule has 1 nitrogen and oxygen atoms in total. The van der Waals surface area contributed by atoms with Crippen LogP contribution in [0.5, 0.6) is 0 Å². The second kappa shape index (κ2) is 4.25. The van der Waals surface area contributed by atoms with Crippen LogP contribution in [0, 0.1) is 0 Å². The predicted octanol–water partition coefficient (Wildman–Crippen LogP) is 3.34. The summed E-state index contributed by atoms with van der Waals surface area (Å²) in [6.45, 7) is -1.11. The van der Waals surface area contributed by atoms with Crippen LogP contribution in [-0.4, -0.2) is 13.2 Å². The minimum absolute atomic E-state index is 0.159. The van der Waals surface area contributed by atoms with Crippen LogP contribution in [0.15, 0.2) is 28.6 Å². The van der Waals surface area contributed by atoms with Crippen molar-refractivity contribution in [3.8, 4) is 0 Å². The molecule has 0 bridgehead atoms. The van der Waals surface area contributed by atoms with E-state index in [-0.39, 0.29) is 4.47 Å². The van der Waals surface area contributed by atoms with Gasteiger partial charge in [-0.25, -0.2) is 0 Å². The average Bonchev–Trinajstić information content (AvgIpc) is 2.40. The summed E-state index contributed by atoms with van der Waals surface area (Å²) < 4.78 is 76.5. The summed E-state index contributed by atoms with van der Waals surface area (Å²) in [6, 6.07) is -2.20. The van der Waals surface area contributed by atoms with Gasteiger partial charge in [-0.1, -0.05) is 28.0 Å². The monoisotopic (exact) mass is 249 g/mol. The van der Waals surface area contributed by atoms with Crippen LogP contribution in [0.1, 0.15) is 36.5 Å². The standard InChI is InChI=1S/C11H13BrO/c12-11-3-1-2-10(8-11)9-4-6-13-7-5-9/h1-3,8-9H,4-7H2/i1D,2D,3D,4D2,5D2,8D,9D. The van der Waals surface area contributed by atoms with Gasteiger partial charge in [-0.05, 0) is 36.3 Å². The van der Waals surface area contributed by atoms with Gasteiger partial charge in [0.1, 0.15) is 0 Å². The van der Waals surface area contributed by atoms with Gasteiger partial charge in [-0.15, -0.1) is 0 Å². The summed E-state index contributed by atoms with van der Waals surface area (Å²) in [5.41, 5.74) is -0.543. The smallest absolute Gasteiger partial charge is 0.0638 e. The zero-order valence-electron chi connectivity index (χ0n) is 15.7. The Bertz CT molecular complexity index is 585. The third kappa shape index (κ3) is 2.32. The molecule has 1 fully saturated rings. The van der Waals surface area contributed by atoms with Crippen molar-refractivity contribution in [2.45, 2.75) is 18.6 Å². The molecule has 0 unspecified atom stereocenters. The highest BCUT2D eigenvalue weighted by atomic mass is 79.9. The Morgan fingerprint density at radius 1 is 1.54 bits per heavy atom. The summed E-state index contributed by atoms with van der Waals surface area (Å²) in [5.74, 6) is -2.60. The average molecular weight is 250 g/mol. The number of hydrogen-bond acceptors (Lipinski definition) is 1. The molecule has 0 amide bonds. The van der Waals surface area contributed by atoms with Crippen molar-refractivity contribution in [3.63, 3.8) is 0 Å². The van der Waals surface area contributed by atoms with Crippen molar-refractivity contribution < 1.29 is 17.1 Å². The number of rotatable bonds is 1. The third-order valence-electron chi connectivity index (χ3n) is 1.55. The first-order valence-corrected chi connectivity index (χ1v) is 4.52. The largest absolute Gasteiger partial charge is 0.381 e. The maximum absolute atomic E-state index is 8.48. The van der Waals surface area contributed by atoms with Gasteiger partial charge in [-0.3, -0.25) is 0 Å². The molecule has 2 heteroatoms. The van der Waals surface area contributed by atoms with Crippen LogP contribution >= 0.6 is 15.9 Å². The molecule has 1 aliphatic rings. The highest BCUT2D eigenvalue weighted by Crippen LogP contribution is 2.28. The molecule has 0 aromatic heterocycles. The van der Waals surface area contributed by atoms with E-state index in [0.717, 1.165) is 0 Å². The molecule has 2 rings (SSSR count). The Morgan fingerprint density at radius 2 is 2.31 bits per heavy atom. The lowest BCUT2D eigenvalue weighted by atomic mass is 9.92. The van der Waals surface area contributed by atoms with Crippen LogP contribution in [0.3, 0.4) is 0 Å². The quantitative estimate of drug-likeness (QED) is 0.742. The molecule has 0 atom stereocenters. The number of hydrogen-bond donors (Lipinski definition) is 0. The normalized spacial score (nSPS) is 39.0. The first-order valence-electron chi connectivity index (χ1n) is 8.22. The number of halogens is 1. The maximum atomic E-state index is 8.48. The van der Waals surface area contributed by atoms with E-state index in [1.807, 2.05) is 0 Å².